The first-order valence-corrected chi connectivity index (χ1v) is 11.9. The topological polar surface area (TPSA) is 122 Å². The number of nitrogens with zero attached hydrogens (tertiary/aromatic N) is 3. The molecule has 9 nitrogen and oxygen atoms in total. The number of aromatic nitrogens is 2. The Kier molecular flexibility index (Phi) is 5.45. The summed E-state index contributed by atoms with van der Waals surface area (Å²) in [7, 11) is 0. The summed E-state index contributed by atoms with van der Waals surface area (Å²) in [6.45, 7) is 2.54. The van der Waals surface area contributed by atoms with Gasteiger partial charge in [0.05, 0.1) is 22.2 Å². The molecule has 1 saturated heterocycles. The normalized spacial score (nSPS) is 16.2. The van der Waals surface area contributed by atoms with Crippen molar-refractivity contribution < 1.29 is 19.1 Å². The molecule has 37 heavy (non-hydrogen) atoms. The van der Waals surface area contributed by atoms with Gasteiger partial charge in [-0.1, -0.05) is 30.3 Å². The second-order valence-electron chi connectivity index (χ2n) is 8.97. The molecule has 0 aliphatic carbocycles. The number of benzene rings is 3. The van der Waals surface area contributed by atoms with E-state index in [1.54, 1.807) is 42.5 Å². The van der Waals surface area contributed by atoms with Crippen LogP contribution < -0.4 is 15.4 Å². The van der Waals surface area contributed by atoms with E-state index in [1.807, 2.05) is 29.2 Å². The van der Waals surface area contributed by atoms with Gasteiger partial charge in [-0.2, -0.15) is 0 Å². The first kappa shape index (κ1) is 22.5. The Labute approximate surface area is 212 Å². The number of carbonyl (C=O) groups is 3. The molecule has 2 amide bonds. The number of nitrogens with two attached hydrogens (primary N) is 1. The fourth-order valence-electron chi connectivity index (χ4n) is 4.67. The number of piperazine rings is 1. The summed E-state index contributed by atoms with van der Waals surface area (Å²) in [4.78, 5) is 49.4. The maximum absolute atomic E-state index is 13.1. The molecule has 6 rings (SSSR count). The standard InChI is InChI=1S/C28H23N5O4/c29-26(35)20-5-3-4-19-24(34)23(37-25(19)20)16-17-8-10-18(11-9-17)27(36)32-12-14-33(15-13-32)28-30-21-6-1-2-7-22(21)31-28/h1-11,16H,12-15H2,(H2,29,35)(H,30,31)/b23-16-. The number of allylic oxidation sites excluding steroid dienone is 1. The number of ketones is 1. The van der Waals surface area contributed by atoms with Crippen molar-refractivity contribution in [3.8, 4) is 5.75 Å². The third-order valence-electron chi connectivity index (χ3n) is 6.66. The van der Waals surface area contributed by atoms with E-state index in [1.165, 1.54) is 6.07 Å². The first-order valence-electron chi connectivity index (χ1n) is 11.9. The number of imidazole rings is 1. The third kappa shape index (κ3) is 4.10. The molecule has 1 fully saturated rings. The molecule has 3 aromatic carbocycles. The Balaban J connectivity index is 1.12. The van der Waals surface area contributed by atoms with Gasteiger partial charge < -0.3 is 25.3 Å². The van der Waals surface area contributed by atoms with Gasteiger partial charge in [0, 0.05) is 31.7 Å². The minimum Gasteiger partial charge on any atom is -0.452 e. The highest BCUT2D eigenvalue weighted by Gasteiger charge is 2.31. The Morgan fingerprint density at radius 1 is 0.946 bits per heavy atom. The molecule has 9 heteroatoms. The largest absolute Gasteiger partial charge is 0.452 e. The summed E-state index contributed by atoms with van der Waals surface area (Å²) < 4.78 is 5.68. The third-order valence-corrected chi connectivity index (χ3v) is 6.66. The van der Waals surface area contributed by atoms with Gasteiger partial charge in [-0.3, -0.25) is 14.4 Å². The Bertz CT molecular complexity index is 1550. The SMILES string of the molecule is NC(=O)c1cccc2c1O/C(=C\c1ccc(C(=O)N3CCN(c4nc5ccccc5[nH]4)CC3)cc1)C2=O. The summed E-state index contributed by atoms with van der Waals surface area (Å²) in [6, 6.07) is 19.6. The van der Waals surface area contributed by atoms with Gasteiger partial charge in [0.2, 0.25) is 11.7 Å². The predicted octanol–water partition coefficient (Wildman–Crippen LogP) is 3.24. The lowest BCUT2D eigenvalue weighted by Crippen LogP contribution is -2.49. The van der Waals surface area contributed by atoms with E-state index in [9.17, 15) is 14.4 Å². The smallest absolute Gasteiger partial charge is 0.253 e. The minimum absolute atomic E-state index is 0.0462. The van der Waals surface area contributed by atoms with Crippen LogP contribution in [0.4, 0.5) is 5.95 Å². The van der Waals surface area contributed by atoms with Crippen LogP contribution in [0.25, 0.3) is 17.1 Å². The molecule has 0 spiro atoms. The number of H-pyrrole nitrogens is 1. The van der Waals surface area contributed by atoms with E-state index < -0.39 is 5.91 Å². The molecule has 0 saturated carbocycles. The zero-order valence-corrected chi connectivity index (χ0v) is 19.8. The second kappa shape index (κ2) is 8.94. The number of para-hydroxylation sites is 3. The van der Waals surface area contributed by atoms with E-state index in [0.29, 0.717) is 42.9 Å². The zero-order valence-electron chi connectivity index (χ0n) is 19.8. The molecule has 4 aromatic rings. The Morgan fingerprint density at radius 3 is 2.43 bits per heavy atom. The van der Waals surface area contributed by atoms with Gasteiger partial charge in [-0.05, 0) is 48.0 Å². The molecule has 1 aromatic heterocycles. The van der Waals surface area contributed by atoms with E-state index >= 15 is 0 Å². The van der Waals surface area contributed by atoms with Crippen LogP contribution in [-0.4, -0.2) is 58.6 Å². The van der Waals surface area contributed by atoms with Crippen LogP contribution in [0.1, 0.15) is 36.6 Å². The van der Waals surface area contributed by atoms with E-state index in [-0.39, 0.29) is 28.8 Å². The highest BCUT2D eigenvalue weighted by Crippen LogP contribution is 2.35. The van der Waals surface area contributed by atoms with Crippen LogP contribution >= 0.6 is 0 Å². The van der Waals surface area contributed by atoms with Gasteiger partial charge in [0.25, 0.3) is 11.8 Å². The van der Waals surface area contributed by atoms with E-state index in [0.717, 1.165) is 17.0 Å². The number of nitrogens with one attached hydrogen (secondary N) is 1. The van der Waals surface area contributed by atoms with Crippen molar-refractivity contribution in [1.82, 2.24) is 14.9 Å². The quantitative estimate of drug-likeness (QED) is 0.421. The lowest BCUT2D eigenvalue weighted by Gasteiger charge is -2.34. The second-order valence-corrected chi connectivity index (χ2v) is 8.97. The molecule has 2 aliphatic heterocycles. The molecule has 0 bridgehead atoms. The fourth-order valence-corrected chi connectivity index (χ4v) is 4.67. The number of anilines is 1. The van der Waals surface area contributed by atoms with Gasteiger partial charge >= 0.3 is 0 Å². The Hall–Kier alpha value is -4.92. The first-order chi connectivity index (χ1) is 18.0. The molecule has 184 valence electrons. The van der Waals surface area contributed by atoms with Crippen molar-refractivity contribution in [3.63, 3.8) is 0 Å². The van der Waals surface area contributed by atoms with Gasteiger partial charge in [-0.15, -0.1) is 0 Å². The number of primary amides is 1. The summed E-state index contributed by atoms with van der Waals surface area (Å²) in [5, 5.41) is 0. The molecule has 3 N–H and O–H groups in total. The number of hydrogen-bond donors (Lipinski definition) is 2. The van der Waals surface area contributed by atoms with Crippen LogP contribution in [0.3, 0.4) is 0 Å². The van der Waals surface area contributed by atoms with Crippen molar-refractivity contribution in [2.45, 2.75) is 0 Å². The number of amides is 2. The van der Waals surface area contributed by atoms with Crippen molar-refractivity contribution >= 4 is 40.7 Å². The molecular weight excluding hydrogens is 470 g/mol. The van der Waals surface area contributed by atoms with E-state index in [2.05, 4.69) is 14.9 Å². The van der Waals surface area contributed by atoms with Gasteiger partial charge in [-0.25, -0.2) is 4.98 Å². The van der Waals surface area contributed by atoms with E-state index in [4.69, 9.17) is 10.5 Å². The predicted molar refractivity (Wildman–Crippen MR) is 139 cm³/mol. The lowest BCUT2D eigenvalue weighted by molar-refractivity contribution is 0.0746. The summed E-state index contributed by atoms with van der Waals surface area (Å²) in [5.41, 5.74) is 9.04. The molecule has 0 radical (unpaired) electrons. The number of carbonyl (C=O) groups excluding carboxylic acids is 3. The highest BCUT2D eigenvalue weighted by molar-refractivity contribution is 6.16. The number of aromatic amines is 1. The van der Waals surface area contributed by atoms with Crippen LogP contribution in [0.15, 0.2) is 72.5 Å². The molecule has 3 heterocycles. The average molecular weight is 494 g/mol. The average Bonchev–Trinajstić information content (AvgIpc) is 3.50. The van der Waals surface area contributed by atoms with Crippen LogP contribution in [0.2, 0.25) is 0 Å². The van der Waals surface area contributed by atoms with Crippen molar-refractivity contribution in [2.24, 2.45) is 5.73 Å². The number of ether oxygens (including phenoxy) is 1. The molecular formula is C28H23N5O4. The van der Waals surface area contributed by atoms with Gasteiger partial charge in [0.1, 0.15) is 0 Å². The Morgan fingerprint density at radius 2 is 1.70 bits per heavy atom. The van der Waals surface area contributed by atoms with Crippen LogP contribution in [0.5, 0.6) is 5.75 Å². The zero-order chi connectivity index (χ0) is 25.5. The van der Waals surface area contributed by atoms with Crippen LogP contribution in [-0.2, 0) is 0 Å². The number of hydrogen-bond acceptors (Lipinski definition) is 6. The van der Waals surface area contributed by atoms with Crippen molar-refractivity contribution in [2.75, 3.05) is 31.1 Å². The lowest BCUT2D eigenvalue weighted by atomic mass is 10.0. The van der Waals surface area contributed by atoms with Crippen molar-refractivity contribution in [3.05, 3.63) is 94.7 Å². The maximum Gasteiger partial charge on any atom is 0.253 e. The number of fused-ring (bicyclic) bond motifs is 2. The molecule has 2 aliphatic rings. The number of rotatable bonds is 4. The fraction of sp³-hybridized carbons (Fsp3) is 0.143. The van der Waals surface area contributed by atoms with Crippen molar-refractivity contribution in [1.29, 1.82) is 0 Å². The molecule has 0 atom stereocenters. The molecule has 0 unspecified atom stereocenters. The highest BCUT2D eigenvalue weighted by atomic mass is 16.5. The van der Waals surface area contributed by atoms with Gasteiger partial charge in [0.15, 0.2) is 11.5 Å². The monoisotopic (exact) mass is 493 g/mol. The minimum atomic E-state index is -0.660. The maximum atomic E-state index is 13.1. The van der Waals surface area contributed by atoms with Crippen LogP contribution in [0, 0.1) is 0 Å². The summed E-state index contributed by atoms with van der Waals surface area (Å²) >= 11 is 0. The number of Topliss-reactive ketones (excluding diaryl/α,β-unsaturated/α-hetero) is 1. The summed E-state index contributed by atoms with van der Waals surface area (Å²) in [6.07, 6.45) is 1.59. The summed E-state index contributed by atoms with van der Waals surface area (Å²) in [5.74, 6) is 0.0757.